The maximum absolute atomic E-state index is 11.9. The summed E-state index contributed by atoms with van der Waals surface area (Å²) in [6, 6.07) is 8.83. The lowest BCUT2D eigenvalue weighted by Crippen LogP contribution is -1.94. The van der Waals surface area contributed by atoms with Crippen LogP contribution in [0, 0.1) is 34.8 Å². The molecule has 0 N–H and O–H groups in total. The Morgan fingerprint density at radius 3 is 2.47 bits per heavy atom. The van der Waals surface area contributed by atoms with Crippen LogP contribution in [0.15, 0.2) is 24.4 Å². The van der Waals surface area contributed by atoms with Gasteiger partial charge in [-0.3, -0.25) is 4.98 Å². The third-order valence-corrected chi connectivity index (χ3v) is 2.49. The standard InChI is InChI=1S/C12H7N4O/c1-8-9(6-13)10(7-14)12(16(8)17)11-4-2-3-5-15-11/h2-5H,1H3/q-1. The Balaban J connectivity index is 2.81. The molecule has 0 aromatic carbocycles. The van der Waals surface area contributed by atoms with Crippen molar-refractivity contribution < 1.29 is 0 Å². The number of pyridine rings is 1. The van der Waals surface area contributed by atoms with Gasteiger partial charge in [0.2, 0.25) is 0 Å². The highest BCUT2D eigenvalue weighted by molar-refractivity contribution is 5.71. The number of rotatable bonds is 1. The zero-order valence-corrected chi connectivity index (χ0v) is 9.01. The SMILES string of the molecule is Cc1c(C#N)c(C#N)c(-c2ccccn2)n1[O-]. The zero-order chi connectivity index (χ0) is 12.4. The summed E-state index contributed by atoms with van der Waals surface area (Å²) in [6.07, 6.45) is 1.53. The van der Waals surface area contributed by atoms with E-state index < -0.39 is 0 Å². The topological polar surface area (TPSA) is 88.5 Å². The molecule has 0 unspecified atom stereocenters. The number of hydrogen-bond acceptors (Lipinski definition) is 4. The molecule has 2 aromatic heterocycles. The molecule has 17 heavy (non-hydrogen) atoms. The van der Waals surface area contributed by atoms with Crippen molar-refractivity contribution in [3.63, 3.8) is 0 Å². The van der Waals surface area contributed by atoms with Crippen LogP contribution in [0.3, 0.4) is 0 Å². The molecule has 0 aliphatic heterocycles. The van der Waals surface area contributed by atoms with E-state index in [4.69, 9.17) is 10.5 Å². The van der Waals surface area contributed by atoms with E-state index in [-0.39, 0.29) is 22.5 Å². The minimum Gasteiger partial charge on any atom is -0.805 e. The van der Waals surface area contributed by atoms with Crippen molar-refractivity contribution in [3.8, 4) is 23.5 Å². The van der Waals surface area contributed by atoms with Gasteiger partial charge in [0, 0.05) is 11.9 Å². The zero-order valence-electron chi connectivity index (χ0n) is 9.01. The van der Waals surface area contributed by atoms with Gasteiger partial charge in [0.25, 0.3) is 0 Å². The molecule has 0 radical (unpaired) electrons. The Hall–Kier alpha value is -2.79. The van der Waals surface area contributed by atoms with Gasteiger partial charge in [-0.2, -0.15) is 10.5 Å². The van der Waals surface area contributed by atoms with Crippen molar-refractivity contribution >= 4 is 0 Å². The molecule has 0 spiro atoms. The van der Waals surface area contributed by atoms with Gasteiger partial charge >= 0.3 is 0 Å². The van der Waals surface area contributed by atoms with Crippen molar-refractivity contribution in [2.45, 2.75) is 6.92 Å². The highest BCUT2D eigenvalue weighted by atomic mass is 16.5. The number of aromatic nitrogens is 2. The second-order valence-corrected chi connectivity index (χ2v) is 3.42. The van der Waals surface area contributed by atoms with Crippen LogP contribution in [0.4, 0.5) is 0 Å². The smallest absolute Gasteiger partial charge is 0.103 e. The Bertz CT molecular complexity index is 644. The van der Waals surface area contributed by atoms with Crippen LogP contribution in [-0.4, -0.2) is 9.71 Å². The minimum atomic E-state index is 0.0821. The molecule has 2 aromatic rings. The van der Waals surface area contributed by atoms with Gasteiger partial charge in [0.1, 0.15) is 12.1 Å². The van der Waals surface area contributed by atoms with Gasteiger partial charge < -0.3 is 9.94 Å². The van der Waals surface area contributed by atoms with Crippen LogP contribution in [0.2, 0.25) is 0 Å². The summed E-state index contributed by atoms with van der Waals surface area (Å²) < 4.78 is 0.583. The summed E-state index contributed by atoms with van der Waals surface area (Å²) in [5.41, 5.74) is 0.956. The van der Waals surface area contributed by atoms with Crippen molar-refractivity contribution in [1.29, 1.82) is 10.5 Å². The first kappa shape index (κ1) is 10.7. The largest absolute Gasteiger partial charge is 0.805 e. The summed E-state index contributed by atoms with van der Waals surface area (Å²) >= 11 is 0. The van der Waals surface area contributed by atoms with E-state index in [9.17, 15) is 5.21 Å². The predicted molar refractivity (Wildman–Crippen MR) is 60.6 cm³/mol. The molecule has 2 heterocycles. The molecule has 0 amide bonds. The van der Waals surface area contributed by atoms with E-state index in [1.165, 1.54) is 13.1 Å². The number of hydrogen-bond donors (Lipinski definition) is 0. The predicted octanol–water partition coefficient (Wildman–Crippen LogP) is 1.95. The highest BCUT2D eigenvalue weighted by Crippen LogP contribution is 2.28. The molecular weight excluding hydrogens is 216 g/mol. The minimum absolute atomic E-state index is 0.0821. The van der Waals surface area contributed by atoms with Crippen molar-refractivity contribution in [1.82, 2.24) is 9.71 Å². The fourth-order valence-corrected chi connectivity index (χ4v) is 1.65. The average Bonchev–Trinajstić information content (AvgIpc) is 2.62. The maximum Gasteiger partial charge on any atom is 0.103 e. The van der Waals surface area contributed by atoms with Crippen LogP contribution in [0.25, 0.3) is 11.4 Å². The molecule has 0 saturated carbocycles. The monoisotopic (exact) mass is 223 g/mol. The Labute approximate surface area is 97.8 Å². The molecule has 0 fully saturated rings. The van der Waals surface area contributed by atoms with Crippen LogP contribution in [0.1, 0.15) is 16.8 Å². The number of nitriles is 2. The molecule has 0 aliphatic carbocycles. The van der Waals surface area contributed by atoms with Gasteiger partial charge in [-0.05, 0) is 19.1 Å². The van der Waals surface area contributed by atoms with Gasteiger partial charge in [-0.25, -0.2) is 0 Å². The first-order valence-corrected chi connectivity index (χ1v) is 4.85. The molecule has 0 bridgehead atoms. The lowest BCUT2D eigenvalue weighted by molar-refractivity contribution is 1.02. The van der Waals surface area contributed by atoms with Gasteiger partial charge in [0.15, 0.2) is 0 Å². The van der Waals surface area contributed by atoms with E-state index in [0.29, 0.717) is 10.4 Å². The number of nitrogens with zero attached hydrogens (tertiary/aromatic N) is 4. The van der Waals surface area contributed by atoms with Crippen molar-refractivity contribution in [2.24, 2.45) is 0 Å². The Morgan fingerprint density at radius 1 is 1.24 bits per heavy atom. The normalized spacial score (nSPS) is 9.59. The van der Waals surface area contributed by atoms with Crippen LogP contribution < -0.4 is 0 Å². The van der Waals surface area contributed by atoms with Crippen LogP contribution in [0.5, 0.6) is 0 Å². The van der Waals surface area contributed by atoms with E-state index in [2.05, 4.69) is 4.98 Å². The molecule has 5 nitrogen and oxygen atoms in total. The summed E-state index contributed by atoms with van der Waals surface area (Å²) in [5, 5.41) is 29.9. The van der Waals surface area contributed by atoms with E-state index >= 15 is 0 Å². The quantitative estimate of drug-likeness (QED) is 0.738. The molecule has 0 aliphatic rings. The Morgan fingerprint density at radius 2 is 1.94 bits per heavy atom. The first-order chi connectivity index (χ1) is 8.20. The van der Waals surface area contributed by atoms with Gasteiger partial charge in [-0.1, -0.05) is 6.07 Å². The molecular formula is C12H7N4O-. The van der Waals surface area contributed by atoms with Crippen molar-refractivity contribution in [3.05, 3.63) is 46.4 Å². The maximum atomic E-state index is 11.9. The third kappa shape index (κ3) is 1.51. The lowest BCUT2D eigenvalue weighted by Gasteiger charge is -2.14. The summed E-state index contributed by atoms with van der Waals surface area (Å²) in [4.78, 5) is 4.03. The lowest BCUT2D eigenvalue weighted by atomic mass is 10.1. The Kier molecular flexibility index (Phi) is 2.52. The molecule has 0 atom stereocenters. The van der Waals surface area contributed by atoms with Gasteiger partial charge in [0.05, 0.1) is 22.5 Å². The van der Waals surface area contributed by atoms with E-state index in [1.807, 2.05) is 12.1 Å². The van der Waals surface area contributed by atoms with Gasteiger partial charge in [-0.15, -0.1) is 0 Å². The second-order valence-electron chi connectivity index (χ2n) is 3.42. The van der Waals surface area contributed by atoms with E-state index in [1.54, 1.807) is 18.2 Å². The average molecular weight is 223 g/mol. The first-order valence-electron chi connectivity index (χ1n) is 4.85. The third-order valence-electron chi connectivity index (χ3n) is 2.49. The molecule has 2 rings (SSSR count). The summed E-state index contributed by atoms with van der Waals surface area (Å²) in [7, 11) is 0. The molecule has 82 valence electrons. The van der Waals surface area contributed by atoms with Crippen molar-refractivity contribution in [2.75, 3.05) is 0 Å². The highest BCUT2D eigenvalue weighted by Gasteiger charge is 2.18. The molecule has 0 saturated heterocycles. The second kappa shape index (κ2) is 3.99. The summed E-state index contributed by atoms with van der Waals surface area (Å²) in [5.74, 6) is 0. The fraction of sp³-hybridized carbons (Fsp3) is 0.0833. The summed E-state index contributed by atoms with van der Waals surface area (Å²) in [6.45, 7) is 1.51. The van der Waals surface area contributed by atoms with E-state index in [0.717, 1.165) is 0 Å². The van der Waals surface area contributed by atoms with Crippen LogP contribution >= 0.6 is 0 Å². The fourth-order valence-electron chi connectivity index (χ4n) is 1.65. The van der Waals surface area contributed by atoms with Crippen LogP contribution in [-0.2, 0) is 0 Å². The molecule has 5 heteroatoms.